The second kappa shape index (κ2) is 5.64. The summed E-state index contributed by atoms with van der Waals surface area (Å²) in [6, 6.07) is -0.0528. The SMILES string of the molecule is CC(C)(C)NCC(=O)N[C@H]1CCCC[C@@H]1O. The predicted molar refractivity (Wildman–Crippen MR) is 64.2 cm³/mol. The first-order valence-electron chi connectivity index (χ1n) is 6.11. The molecule has 0 spiro atoms. The van der Waals surface area contributed by atoms with Gasteiger partial charge in [-0.3, -0.25) is 4.79 Å². The fourth-order valence-corrected chi connectivity index (χ4v) is 1.88. The monoisotopic (exact) mass is 228 g/mol. The van der Waals surface area contributed by atoms with E-state index in [9.17, 15) is 9.90 Å². The van der Waals surface area contributed by atoms with Crippen LogP contribution in [-0.2, 0) is 4.79 Å². The minimum absolute atomic E-state index is 0.0270. The molecule has 1 aliphatic rings. The lowest BCUT2D eigenvalue weighted by molar-refractivity contribution is -0.122. The molecule has 0 unspecified atom stereocenters. The molecule has 1 fully saturated rings. The number of aliphatic hydroxyl groups is 1. The van der Waals surface area contributed by atoms with Crippen LogP contribution in [0.3, 0.4) is 0 Å². The summed E-state index contributed by atoms with van der Waals surface area (Å²) in [6.45, 7) is 6.38. The molecule has 0 aromatic carbocycles. The van der Waals surface area contributed by atoms with Gasteiger partial charge in [-0.1, -0.05) is 12.8 Å². The van der Waals surface area contributed by atoms with E-state index in [4.69, 9.17) is 0 Å². The lowest BCUT2D eigenvalue weighted by atomic mass is 9.92. The highest BCUT2D eigenvalue weighted by molar-refractivity contribution is 5.78. The van der Waals surface area contributed by atoms with Crippen molar-refractivity contribution >= 4 is 5.91 Å². The highest BCUT2D eigenvalue weighted by Crippen LogP contribution is 2.18. The van der Waals surface area contributed by atoms with Crippen LogP contribution in [0.15, 0.2) is 0 Å². The third-order valence-corrected chi connectivity index (χ3v) is 2.86. The minimum Gasteiger partial charge on any atom is -0.391 e. The van der Waals surface area contributed by atoms with Crippen molar-refractivity contribution in [2.24, 2.45) is 0 Å². The molecule has 16 heavy (non-hydrogen) atoms. The Labute approximate surface area is 97.8 Å². The smallest absolute Gasteiger partial charge is 0.234 e. The van der Waals surface area contributed by atoms with Gasteiger partial charge in [-0.25, -0.2) is 0 Å². The third-order valence-electron chi connectivity index (χ3n) is 2.86. The van der Waals surface area contributed by atoms with Crippen LogP contribution in [0.5, 0.6) is 0 Å². The highest BCUT2D eigenvalue weighted by atomic mass is 16.3. The van der Waals surface area contributed by atoms with Crippen LogP contribution in [-0.4, -0.2) is 35.2 Å². The fourth-order valence-electron chi connectivity index (χ4n) is 1.88. The molecular formula is C12H24N2O2. The first-order valence-corrected chi connectivity index (χ1v) is 6.11. The van der Waals surface area contributed by atoms with Crippen LogP contribution in [0, 0.1) is 0 Å². The van der Waals surface area contributed by atoms with E-state index in [-0.39, 0.29) is 23.6 Å². The largest absolute Gasteiger partial charge is 0.391 e. The summed E-state index contributed by atoms with van der Waals surface area (Å²) < 4.78 is 0. The van der Waals surface area contributed by atoms with E-state index in [2.05, 4.69) is 10.6 Å². The Bertz CT molecular complexity index is 236. The molecule has 94 valence electrons. The van der Waals surface area contributed by atoms with E-state index >= 15 is 0 Å². The lowest BCUT2D eigenvalue weighted by Gasteiger charge is -2.29. The van der Waals surface area contributed by atoms with Gasteiger partial charge in [-0.15, -0.1) is 0 Å². The van der Waals surface area contributed by atoms with Crippen molar-refractivity contribution in [3.8, 4) is 0 Å². The molecule has 2 atom stereocenters. The maximum atomic E-state index is 11.6. The van der Waals surface area contributed by atoms with Crippen LogP contribution in [0.4, 0.5) is 0 Å². The number of aliphatic hydroxyl groups excluding tert-OH is 1. The van der Waals surface area contributed by atoms with Gasteiger partial charge in [0.05, 0.1) is 18.7 Å². The summed E-state index contributed by atoms with van der Waals surface area (Å²) in [6.07, 6.45) is 3.48. The van der Waals surface area contributed by atoms with Crippen LogP contribution in [0.25, 0.3) is 0 Å². The first kappa shape index (κ1) is 13.5. The lowest BCUT2D eigenvalue weighted by Crippen LogP contribution is -2.50. The summed E-state index contributed by atoms with van der Waals surface area (Å²) in [5, 5.41) is 15.7. The third kappa shape index (κ3) is 4.94. The molecule has 1 aliphatic carbocycles. The summed E-state index contributed by atoms with van der Waals surface area (Å²) >= 11 is 0. The van der Waals surface area contributed by atoms with Crippen molar-refractivity contribution in [1.82, 2.24) is 10.6 Å². The Kier molecular flexibility index (Phi) is 4.74. The number of carbonyl (C=O) groups excluding carboxylic acids is 1. The second-order valence-corrected chi connectivity index (χ2v) is 5.63. The molecule has 4 nitrogen and oxygen atoms in total. The minimum atomic E-state index is -0.368. The van der Waals surface area contributed by atoms with E-state index in [1.165, 1.54) is 0 Å². The van der Waals surface area contributed by atoms with E-state index in [1.54, 1.807) is 0 Å². The summed E-state index contributed by atoms with van der Waals surface area (Å²) in [7, 11) is 0. The van der Waals surface area contributed by atoms with Gasteiger partial charge in [0.15, 0.2) is 0 Å². The van der Waals surface area contributed by atoms with Crippen molar-refractivity contribution in [2.75, 3.05) is 6.54 Å². The Hall–Kier alpha value is -0.610. The Morgan fingerprint density at radius 1 is 1.31 bits per heavy atom. The van der Waals surface area contributed by atoms with E-state index in [1.807, 2.05) is 20.8 Å². The van der Waals surface area contributed by atoms with E-state index in [0.717, 1.165) is 25.7 Å². The van der Waals surface area contributed by atoms with Crippen LogP contribution < -0.4 is 10.6 Å². The molecule has 0 radical (unpaired) electrons. The normalized spacial score (nSPS) is 26.5. The van der Waals surface area contributed by atoms with E-state index in [0.29, 0.717) is 6.54 Å². The molecule has 3 N–H and O–H groups in total. The molecule has 1 rings (SSSR count). The van der Waals surface area contributed by atoms with Gasteiger partial charge in [-0.05, 0) is 33.6 Å². The van der Waals surface area contributed by atoms with Crippen LogP contribution >= 0.6 is 0 Å². The zero-order valence-electron chi connectivity index (χ0n) is 10.5. The topological polar surface area (TPSA) is 61.4 Å². The molecule has 0 saturated heterocycles. The van der Waals surface area contributed by atoms with Crippen LogP contribution in [0.1, 0.15) is 46.5 Å². The van der Waals surface area contributed by atoms with Crippen LogP contribution in [0.2, 0.25) is 0 Å². The number of rotatable bonds is 3. The molecule has 1 amide bonds. The first-order chi connectivity index (χ1) is 7.38. The molecule has 0 heterocycles. The maximum Gasteiger partial charge on any atom is 0.234 e. The molecule has 0 bridgehead atoms. The van der Waals surface area contributed by atoms with Crippen molar-refractivity contribution in [2.45, 2.75) is 64.1 Å². The summed E-state index contributed by atoms with van der Waals surface area (Å²) in [4.78, 5) is 11.6. The zero-order valence-corrected chi connectivity index (χ0v) is 10.5. The predicted octanol–water partition coefficient (Wildman–Crippen LogP) is 0.794. The average molecular weight is 228 g/mol. The Morgan fingerprint density at radius 3 is 2.50 bits per heavy atom. The van der Waals surface area contributed by atoms with E-state index < -0.39 is 0 Å². The molecule has 0 aliphatic heterocycles. The van der Waals surface area contributed by atoms with Crippen molar-refractivity contribution in [1.29, 1.82) is 0 Å². The maximum absolute atomic E-state index is 11.6. The van der Waals surface area contributed by atoms with Crippen molar-refractivity contribution < 1.29 is 9.90 Å². The fraction of sp³-hybridized carbons (Fsp3) is 0.917. The van der Waals surface area contributed by atoms with Gasteiger partial charge >= 0.3 is 0 Å². The molecule has 0 aromatic heterocycles. The zero-order chi connectivity index (χ0) is 12.2. The summed E-state index contributed by atoms with van der Waals surface area (Å²) in [5.74, 6) is -0.0270. The number of amides is 1. The van der Waals surface area contributed by atoms with Gasteiger partial charge in [-0.2, -0.15) is 0 Å². The Balaban J connectivity index is 2.28. The quantitative estimate of drug-likeness (QED) is 0.669. The van der Waals surface area contributed by atoms with Gasteiger partial charge < -0.3 is 15.7 Å². The number of hydrogen-bond acceptors (Lipinski definition) is 3. The highest BCUT2D eigenvalue weighted by Gasteiger charge is 2.24. The molecule has 1 saturated carbocycles. The molecular weight excluding hydrogens is 204 g/mol. The molecule has 0 aromatic rings. The standard InChI is InChI=1S/C12H24N2O2/c1-12(2,3)13-8-11(16)14-9-6-4-5-7-10(9)15/h9-10,13,15H,4-8H2,1-3H3,(H,14,16)/t9-,10-/m0/s1. The number of nitrogens with one attached hydrogen (secondary N) is 2. The number of hydrogen-bond donors (Lipinski definition) is 3. The van der Waals surface area contributed by atoms with Crippen molar-refractivity contribution in [3.05, 3.63) is 0 Å². The summed E-state index contributed by atoms with van der Waals surface area (Å²) in [5.41, 5.74) is -0.0531. The second-order valence-electron chi connectivity index (χ2n) is 5.63. The number of carbonyl (C=O) groups is 1. The van der Waals surface area contributed by atoms with Gasteiger partial charge in [0.2, 0.25) is 5.91 Å². The average Bonchev–Trinajstić information content (AvgIpc) is 2.18. The van der Waals surface area contributed by atoms with Crippen molar-refractivity contribution in [3.63, 3.8) is 0 Å². The van der Waals surface area contributed by atoms with Gasteiger partial charge in [0.1, 0.15) is 0 Å². The van der Waals surface area contributed by atoms with Gasteiger partial charge in [0.25, 0.3) is 0 Å². The van der Waals surface area contributed by atoms with Gasteiger partial charge in [0, 0.05) is 5.54 Å². The molecule has 4 heteroatoms. The Morgan fingerprint density at radius 2 is 1.94 bits per heavy atom.